The molecule has 0 aromatic heterocycles. The molecule has 1 saturated carbocycles. The van der Waals surface area contributed by atoms with Gasteiger partial charge in [-0.15, -0.1) is 0 Å². The van der Waals surface area contributed by atoms with E-state index < -0.39 is 18.6 Å². The van der Waals surface area contributed by atoms with Gasteiger partial charge in [-0.3, -0.25) is 4.79 Å². The highest BCUT2D eigenvalue weighted by Gasteiger charge is 2.47. The average Bonchev–Trinajstić information content (AvgIpc) is 2.54. The lowest BCUT2D eigenvalue weighted by molar-refractivity contribution is -0.148. The van der Waals surface area contributed by atoms with Crippen molar-refractivity contribution in [1.29, 1.82) is 0 Å². The summed E-state index contributed by atoms with van der Waals surface area (Å²) in [5.41, 5.74) is 5.97. The van der Waals surface area contributed by atoms with E-state index in [0.29, 0.717) is 29.3 Å². The molecule has 1 fully saturated rings. The van der Waals surface area contributed by atoms with Crippen LogP contribution in [0.3, 0.4) is 0 Å². The first-order valence-corrected chi connectivity index (χ1v) is 10.0. The molecule has 0 heterocycles. The van der Waals surface area contributed by atoms with Crippen LogP contribution in [0.4, 0.5) is 0 Å². The van der Waals surface area contributed by atoms with Gasteiger partial charge in [0.1, 0.15) is 5.54 Å². The van der Waals surface area contributed by atoms with Gasteiger partial charge in [0.15, 0.2) is 0 Å². The van der Waals surface area contributed by atoms with E-state index in [-0.39, 0.29) is 18.3 Å². The minimum Gasteiger partial charge on any atom is -0.480 e. The summed E-state index contributed by atoms with van der Waals surface area (Å²) in [7, 11) is -1.35. The predicted octanol–water partition coefficient (Wildman–Crippen LogP) is 2.33. The van der Waals surface area contributed by atoms with Crippen molar-refractivity contribution in [2.45, 2.75) is 56.4 Å². The van der Waals surface area contributed by atoms with Crippen molar-refractivity contribution >= 4 is 36.3 Å². The largest absolute Gasteiger partial charge is 0.480 e. The normalized spacial score (nSPS) is 21.4. The molecule has 2 rings (SSSR count). The Labute approximate surface area is 170 Å². The summed E-state index contributed by atoms with van der Waals surface area (Å²) >= 11 is 12.1. The molecule has 1 atom stereocenters. The minimum atomic E-state index is -1.35. The highest BCUT2D eigenvalue weighted by Crippen LogP contribution is 2.38. The maximum Gasteiger partial charge on any atom is 0.451 e. The van der Waals surface area contributed by atoms with E-state index in [9.17, 15) is 9.90 Å². The van der Waals surface area contributed by atoms with Crippen molar-refractivity contribution in [2.75, 3.05) is 6.54 Å². The number of benzene rings is 1. The zero-order valence-corrected chi connectivity index (χ0v) is 16.7. The number of carbonyl (C=O) groups is 1. The van der Waals surface area contributed by atoms with E-state index in [2.05, 4.69) is 5.32 Å². The zero-order chi connectivity index (χ0) is 20.0. The Balaban J connectivity index is 1.74. The lowest BCUT2D eigenvalue weighted by atomic mass is 9.66. The van der Waals surface area contributed by atoms with Crippen molar-refractivity contribution < 1.29 is 19.9 Å². The Morgan fingerprint density at radius 3 is 2.59 bits per heavy atom. The molecule has 0 spiro atoms. The summed E-state index contributed by atoms with van der Waals surface area (Å²) in [4.78, 5) is 11.7. The van der Waals surface area contributed by atoms with Crippen LogP contribution in [0.1, 0.15) is 37.7 Å². The summed E-state index contributed by atoms with van der Waals surface area (Å²) in [5.74, 6) is -1.06. The smallest absolute Gasteiger partial charge is 0.451 e. The lowest BCUT2D eigenvalue weighted by Crippen LogP contribution is -2.61. The van der Waals surface area contributed by atoms with Gasteiger partial charge in [-0.2, -0.15) is 0 Å². The average molecular weight is 417 g/mol. The zero-order valence-electron chi connectivity index (χ0n) is 15.2. The van der Waals surface area contributed by atoms with Gasteiger partial charge in [-0.05, 0) is 62.2 Å². The van der Waals surface area contributed by atoms with E-state index >= 15 is 0 Å². The van der Waals surface area contributed by atoms with Gasteiger partial charge >= 0.3 is 13.1 Å². The molecular formula is C18H27BCl2N2O4. The second kappa shape index (κ2) is 10.1. The van der Waals surface area contributed by atoms with Crippen LogP contribution in [-0.2, 0) is 11.2 Å². The third-order valence-electron chi connectivity index (χ3n) is 5.41. The number of hydrogen-bond acceptors (Lipinski definition) is 5. The molecule has 0 amide bonds. The summed E-state index contributed by atoms with van der Waals surface area (Å²) in [6.07, 6.45) is 3.89. The maximum atomic E-state index is 11.7. The Morgan fingerprint density at radius 1 is 1.30 bits per heavy atom. The number of carboxylic acid groups (broad SMARTS) is 1. The molecule has 0 saturated heterocycles. The van der Waals surface area contributed by atoms with E-state index in [0.717, 1.165) is 31.4 Å². The monoisotopic (exact) mass is 416 g/mol. The quantitative estimate of drug-likeness (QED) is 0.279. The van der Waals surface area contributed by atoms with E-state index in [1.165, 1.54) is 0 Å². The molecule has 27 heavy (non-hydrogen) atoms. The first kappa shape index (κ1) is 22.5. The highest BCUT2D eigenvalue weighted by atomic mass is 35.5. The molecule has 1 aliphatic carbocycles. The molecular weight excluding hydrogens is 390 g/mol. The van der Waals surface area contributed by atoms with Gasteiger partial charge in [0.05, 0.1) is 0 Å². The molecule has 0 radical (unpaired) electrons. The summed E-state index contributed by atoms with van der Waals surface area (Å²) in [6, 6.07) is 5.70. The lowest BCUT2D eigenvalue weighted by Gasteiger charge is -2.45. The third-order valence-corrected chi connectivity index (χ3v) is 6.00. The van der Waals surface area contributed by atoms with Crippen LogP contribution in [0.2, 0.25) is 16.4 Å². The molecule has 1 aromatic rings. The van der Waals surface area contributed by atoms with Gasteiger partial charge in [-0.1, -0.05) is 42.1 Å². The number of rotatable bonds is 11. The Hall–Kier alpha value is -0.825. The molecule has 6 N–H and O–H groups in total. The molecule has 0 unspecified atom stereocenters. The van der Waals surface area contributed by atoms with Crippen LogP contribution in [0.15, 0.2) is 18.2 Å². The summed E-state index contributed by atoms with van der Waals surface area (Å²) < 4.78 is 0. The second-order valence-corrected chi connectivity index (χ2v) is 8.22. The Bertz CT molecular complexity index is 644. The van der Waals surface area contributed by atoms with Crippen molar-refractivity contribution in [3.05, 3.63) is 33.8 Å². The molecule has 0 aliphatic heterocycles. The van der Waals surface area contributed by atoms with Crippen LogP contribution < -0.4 is 11.1 Å². The van der Waals surface area contributed by atoms with Gasteiger partial charge in [0, 0.05) is 16.1 Å². The Kier molecular flexibility index (Phi) is 8.40. The van der Waals surface area contributed by atoms with Gasteiger partial charge in [0.2, 0.25) is 0 Å². The summed E-state index contributed by atoms with van der Waals surface area (Å²) in [5, 5.41) is 32.0. The predicted molar refractivity (Wildman–Crippen MR) is 108 cm³/mol. The van der Waals surface area contributed by atoms with E-state index in [1.807, 2.05) is 12.1 Å². The van der Waals surface area contributed by atoms with Crippen LogP contribution in [-0.4, -0.2) is 46.4 Å². The molecule has 6 nitrogen and oxygen atoms in total. The van der Waals surface area contributed by atoms with Crippen LogP contribution in [0.5, 0.6) is 0 Å². The maximum absolute atomic E-state index is 11.7. The number of halogens is 2. The number of carboxylic acids is 1. The van der Waals surface area contributed by atoms with Crippen molar-refractivity contribution in [3.63, 3.8) is 0 Å². The fourth-order valence-electron chi connectivity index (χ4n) is 3.57. The number of unbranched alkanes of at least 4 members (excludes halogenated alkanes) is 1. The number of nitrogens with two attached hydrogens (primary N) is 1. The van der Waals surface area contributed by atoms with Gasteiger partial charge < -0.3 is 26.2 Å². The topological polar surface area (TPSA) is 116 Å². The minimum absolute atomic E-state index is 0.0781. The number of aliphatic carboxylic acids is 1. The van der Waals surface area contributed by atoms with E-state index in [4.69, 9.17) is 39.0 Å². The number of hydrogen-bond donors (Lipinski definition) is 5. The third kappa shape index (κ3) is 6.34. The first-order chi connectivity index (χ1) is 12.7. The SMILES string of the molecule is N[C@](CCCCB(O)O)(C(=O)O)C1CC(NCCc2ccc(Cl)cc2Cl)C1. The Morgan fingerprint density at radius 2 is 2.00 bits per heavy atom. The fourth-order valence-corrected chi connectivity index (χ4v) is 4.07. The molecule has 0 bridgehead atoms. The van der Waals surface area contributed by atoms with Crippen molar-refractivity contribution in [3.8, 4) is 0 Å². The standard InChI is InChI=1S/C18H27BCl2N2O4/c20-14-4-3-12(16(21)11-14)5-8-23-15-9-13(10-15)18(22,17(24)25)6-1-2-7-19(26)27/h3-4,11,13,15,23,26-27H,1-2,5-10,22H2,(H,24,25)/t13?,15?,18-/m0/s1. The second-order valence-electron chi connectivity index (χ2n) is 7.38. The molecule has 1 aliphatic rings. The summed E-state index contributed by atoms with van der Waals surface area (Å²) in [6.45, 7) is 0.748. The molecule has 1 aromatic carbocycles. The van der Waals surface area contributed by atoms with Crippen LogP contribution in [0.25, 0.3) is 0 Å². The van der Waals surface area contributed by atoms with Gasteiger partial charge in [0.25, 0.3) is 0 Å². The molecule has 150 valence electrons. The molecule has 9 heteroatoms. The highest BCUT2D eigenvalue weighted by molar-refractivity contribution is 6.40. The van der Waals surface area contributed by atoms with Crippen molar-refractivity contribution in [1.82, 2.24) is 5.32 Å². The van der Waals surface area contributed by atoms with Gasteiger partial charge in [-0.25, -0.2) is 0 Å². The van der Waals surface area contributed by atoms with Crippen molar-refractivity contribution in [2.24, 2.45) is 11.7 Å². The number of nitrogens with one attached hydrogen (secondary N) is 1. The van der Waals surface area contributed by atoms with Crippen LogP contribution >= 0.6 is 23.2 Å². The van der Waals surface area contributed by atoms with E-state index in [1.54, 1.807) is 6.07 Å². The first-order valence-electron chi connectivity index (χ1n) is 9.28. The van der Waals surface area contributed by atoms with Crippen LogP contribution in [0, 0.1) is 5.92 Å². The fraction of sp³-hybridized carbons (Fsp3) is 0.611.